The number of carbonyl (C=O) groups excluding carboxylic acids is 1. The fraction of sp³-hybridized carbons (Fsp3) is 0.667. The van der Waals surface area contributed by atoms with Crippen LogP contribution in [0.15, 0.2) is 12.2 Å². The average molecular weight is 274 g/mol. The van der Waals surface area contributed by atoms with Gasteiger partial charge in [-0.1, -0.05) is 19.1 Å². The van der Waals surface area contributed by atoms with E-state index in [1.165, 1.54) is 0 Å². The number of hydrogen-bond donors (Lipinski definition) is 1. The zero-order chi connectivity index (χ0) is 13.9. The summed E-state index contributed by atoms with van der Waals surface area (Å²) in [6.45, 7) is 2.91. The van der Waals surface area contributed by atoms with Crippen molar-refractivity contribution in [1.82, 2.24) is 20.1 Å². The third-order valence-electron chi connectivity index (χ3n) is 4.33. The highest BCUT2D eigenvalue weighted by molar-refractivity contribution is 5.79. The van der Waals surface area contributed by atoms with Gasteiger partial charge < -0.3 is 9.88 Å². The summed E-state index contributed by atoms with van der Waals surface area (Å²) in [6.07, 6.45) is 9.95. The molecular formula is C15H22N4O. The Balaban J connectivity index is 1.62. The number of rotatable bonds is 3. The number of aryl methyl sites for hydroxylation is 2. The first-order chi connectivity index (χ1) is 9.78. The van der Waals surface area contributed by atoms with Gasteiger partial charge in [0.2, 0.25) is 5.91 Å². The second-order valence-electron chi connectivity index (χ2n) is 5.72. The molecule has 0 aromatic carbocycles. The van der Waals surface area contributed by atoms with Crippen LogP contribution in [0.4, 0.5) is 0 Å². The largest absolute Gasteiger partial charge is 0.351 e. The SMILES string of the molecule is CCc1nnc2n1C[C@H](NC(=O)[C@@H]1CC=CCC1)CC2. The predicted molar refractivity (Wildman–Crippen MR) is 76.1 cm³/mol. The molecule has 0 saturated carbocycles. The predicted octanol–water partition coefficient (Wildman–Crippen LogP) is 1.63. The number of nitrogens with zero attached hydrogens (tertiary/aromatic N) is 3. The molecule has 20 heavy (non-hydrogen) atoms. The molecule has 1 aliphatic heterocycles. The van der Waals surface area contributed by atoms with E-state index in [9.17, 15) is 4.79 Å². The van der Waals surface area contributed by atoms with Crippen LogP contribution in [0.25, 0.3) is 0 Å². The Hall–Kier alpha value is -1.65. The third-order valence-corrected chi connectivity index (χ3v) is 4.33. The van der Waals surface area contributed by atoms with Crippen LogP contribution in [-0.2, 0) is 24.2 Å². The first-order valence-electron chi connectivity index (χ1n) is 7.64. The molecule has 2 aliphatic rings. The van der Waals surface area contributed by atoms with Crippen molar-refractivity contribution in [1.29, 1.82) is 0 Å². The lowest BCUT2D eigenvalue weighted by molar-refractivity contribution is -0.126. The minimum atomic E-state index is 0.160. The van der Waals surface area contributed by atoms with Crippen LogP contribution >= 0.6 is 0 Å². The van der Waals surface area contributed by atoms with Gasteiger partial charge in [-0.05, 0) is 25.7 Å². The fourth-order valence-corrected chi connectivity index (χ4v) is 3.11. The van der Waals surface area contributed by atoms with Crippen molar-refractivity contribution in [3.05, 3.63) is 23.8 Å². The van der Waals surface area contributed by atoms with Crippen LogP contribution in [-0.4, -0.2) is 26.7 Å². The summed E-state index contributed by atoms with van der Waals surface area (Å²) in [5.41, 5.74) is 0. The molecule has 2 heterocycles. The highest BCUT2D eigenvalue weighted by Crippen LogP contribution is 2.20. The second kappa shape index (κ2) is 5.77. The molecule has 1 aromatic rings. The van der Waals surface area contributed by atoms with E-state index in [4.69, 9.17) is 0 Å². The summed E-state index contributed by atoms with van der Waals surface area (Å²) < 4.78 is 2.18. The van der Waals surface area contributed by atoms with E-state index >= 15 is 0 Å². The maximum absolute atomic E-state index is 12.3. The van der Waals surface area contributed by atoms with Gasteiger partial charge in [-0.25, -0.2) is 0 Å². The van der Waals surface area contributed by atoms with Crippen molar-refractivity contribution < 1.29 is 4.79 Å². The van der Waals surface area contributed by atoms with Gasteiger partial charge in [-0.3, -0.25) is 4.79 Å². The molecule has 1 aliphatic carbocycles. The van der Waals surface area contributed by atoms with Crippen molar-refractivity contribution in [2.24, 2.45) is 5.92 Å². The minimum absolute atomic E-state index is 0.160. The summed E-state index contributed by atoms with van der Waals surface area (Å²) in [7, 11) is 0. The molecule has 0 saturated heterocycles. The van der Waals surface area contributed by atoms with Crippen LogP contribution < -0.4 is 5.32 Å². The van der Waals surface area contributed by atoms with Crippen LogP contribution in [0.3, 0.4) is 0 Å². The fourth-order valence-electron chi connectivity index (χ4n) is 3.11. The van der Waals surface area contributed by atoms with Gasteiger partial charge >= 0.3 is 0 Å². The quantitative estimate of drug-likeness (QED) is 0.852. The molecule has 0 radical (unpaired) electrons. The smallest absolute Gasteiger partial charge is 0.223 e. The molecule has 1 amide bonds. The summed E-state index contributed by atoms with van der Waals surface area (Å²) >= 11 is 0. The molecule has 0 bridgehead atoms. The molecule has 0 unspecified atom stereocenters. The van der Waals surface area contributed by atoms with Crippen molar-refractivity contribution >= 4 is 5.91 Å². The Labute approximate surface area is 119 Å². The topological polar surface area (TPSA) is 59.8 Å². The number of amides is 1. The second-order valence-corrected chi connectivity index (χ2v) is 5.72. The van der Waals surface area contributed by atoms with Crippen LogP contribution in [0.1, 0.15) is 44.3 Å². The molecule has 5 nitrogen and oxygen atoms in total. The van der Waals surface area contributed by atoms with Gasteiger partial charge in [-0.15, -0.1) is 10.2 Å². The highest BCUT2D eigenvalue weighted by atomic mass is 16.1. The Bertz CT molecular complexity index is 506. The monoisotopic (exact) mass is 274 g/mol. The first kappa shape index (κ1) is 13.3. The number of fused-ring (bicyclic) bond motifs is 1. The number of allylic oxidation sites excluding steroid dienone is 2. The van der Waals surface area contributed by atoms with Crippen molar-refractivity contribution in [2.45, 2.75) is 58.0 Å². The zero-order valence-corrected chi connectivity index (χ0v) is 12.0. The van der Waals surface area contributed by atoms with E-state index in [0.29, 0.717) is 0 Å². The van der Waals surface area contributed by atoms with Crippen molar-refractivity contribution in [2.75, 3.05) is 0 Å². The molecule has 2 atom stereocenters. The van der Waals surface area contributed by atoms with E-state index in [0.717, 1.165) is 56.7 Å². The van der Waals surface area contributed by atoms with Crippen molar-refractivity contribution in [3.63, 3.8) is 0 Å². The molecular weight excluding hydrogens is 252 g/mol. The van der Waals surface area contributed by atoms with E-state index in [1.807, 2.05) is 0 Å². The Morgan fingerprint density at radius 1 is 1.40 bits per heavy atom. The number of aromatic nitrogens is 3. The lowest BCUT2D eigenvalue weighted by Crippen LogP contribution is -2.44. The molecule has 1 aromatic heterocycles. The Kier molecular flexibility index (Phi) is 3.85. The van der Waals surface area contributed by atoms with Gasteiger partial charge in [0.25, 0.3) is 0 Å². The van der Waals surface area contributed by atoms with Gasteiger partial charge in [-0.2, -0.15) is 0 Å². The van der Waals surface area contributed by atoms with Gasteiger partial charge in [0.15, 0.2) is 0 Å². The lowest BCUT2D eigenvalue weighted by atomic mass is 9.93. The Morgan fingerprint density at radius 3 is 3.05 bits per heavy atom. The highest BCUT2D eigenvalue weighted by Gasteiger charge is 2.26. The summed E-state index contributed by atoms with van der Waals surface area (Å²) in [4.78, 5) is 12.3. The Morgan fingerprint density at radius 2 is 2.30 bits per heavy atom. The molecule has 108 valence electrons. The third kappa shape index (κ3) is 2.62. The maximum Gasteiger partial charge on any atom is 0.223 e. The van der Waals surface area contributed by atoms with Crippen molar-refractivity contribution in [3.8, 4) is 0 Å². The summed E-state index contributed by atoms with van der Waals surface area (Å²) in [6, 6.07) is 0.224. The molecule has 3 rings (SSSR count). The van der Waals surface area contributed by atoms with Crippen LogP contribution in [0, 0.1) is 5.92 Å². The van der Waals surface area contributed by atoms with Gasteiger partial charge in [0.1, 0.15) is 11.6 Å². The number of hydrogen-bond acceptors (Lipinski definition) is 3. The lowest BCUT2D eigenvalue weighted by Gasteiger charge is -2.27. The first-order valence-corrected chi connectivity index (χ1v) is 7.64. The van der Waals surface area contributed by atoms with E-state index < -0.39 is 0 Å². The standard InChI is InChI=1S/C15H22N4O/c1-2-13-17-18-14-9-8-12(10-19(13)14)16-15(20)11-6-4-3-5-7-11/h3-4,11-12H,2,5-10H2,1H3,(H,16,20)/t11-,12-/m1/s1. The number of nitrogens with one attached hydrogen (secondary N) is 1. The van der Waals surface area contributed by atoms with E-state index in [-0.39, 0.29) is 17.9 Å². The van der Waals surface area contributed by atoms with Crippen LogP contribution in [0.2, 0.25) is 0 Å². The average Bonchev–Trinajstić information content (AvgIpc) is 2.90. The normalized spacial score (nSPS) is 25.2. The van der Waals surface area contributed by atoms with E-state index in [2.05, 4.69) is 39.2 Å². The van der Waals surface area contributed by atoms with Gasteiger partial charge in [0.05, 0.1) is 0 Å². The molecule has 1 N–H and O–H groups in total. The summed E-state index contributed by atoms with van der Waals surface area (Å²) in [5.74, 6) is 2.47. The molecule has 5 heteroatoms. The zero-order valence-electron chi connectivity index (χ0n) is 12.0. The maximum atomic E-state index is 12.3. The van der Waals surface area contributed by atoms with Crippen LogP contribution in [0.5, 0.6) is 0 Å². The summed E-state index contributed by atoms with van der Waals surface area (Å²) in [5, 5.41) is 11.7. The molecule has 0 spiro atoms. The molecule has 0 fully saturated rings. The number of carbonyl (C=O) groups is 1. The van der Waals surface area contributed by atoms with Gasteiger partial charge in [0, 0.05) is 31.3 Å². The minimum Gasteiger partial charge on any atom is -0.351 e. The van der Waals surface area contributed by atoms with E-state index in [1.54, 1.807) is 0 Å².